The summed E-state index contributed by atoms with van der Waals surface area (Å²) in [7, 11) is -2.91. The number of nitrogens with zero attached hydrogens (tertiary/aromatic N) is 1. The summed E-state index contributed by atoms with van der Waals surface area (Å²) >= 11 is 0. The van der Waals surface area contributed by atoms with Gasteiger partial charge in [-0.3, -0.25) is 4.57 Å². The van der Waals surface area contributed by atoms with E-state index in [0.29, 0.717) is 5.92 Å². The third-order valence-corrected chi connectivity index (χ3v) is 5.81. The van der Waals surface area contributed by atoms with Crippen molar-refractivity contribution in [2.75, 3.05) is 0 Å². The summed E-state index contributed by atoms with van der Waals surface area (Å²) in [4.78, 5) is 0. The number of rotatable bonds is 6. The highest BCUT2D eigenvalue weighted by Gasteiger charge is 2.25. The predicted molar refractivity (Wildman–Crippen MR) is 92.3 cm³/mol. The van der Waals surface area contributed by atoms with Crippen LogP contribution in [0.1, 0.15) is 26.7 Å². The third-order valence-electron chi connectivity index (χ3n) is 3.33. The number of hydrogen-bond donors (Lipinski definition) is 0. The Balaban J connectivity index is 2.34. The molecular formula is C18H22NOP. The third kappa shape index (κ3) is 4.15. The van der Waals surface area contributed by atoms with Gasteiger partial charge in [-0.1, -0.05) is 50.2 Å². The molecule has 0 radical (unpaired) electrons. The van der Waals surface area contributed by atoms with Crippen molar-refractivity contribution in [2.24, 2.45) is 10.7 Å². The Bertz CT molecular complexity index is 577. The van der Waals surface area contributed by atoms with Crippen molar-refractivity contribution < 1.29 is 4.57 Å². The smallest absolute Gasteiger partial charge is 0.247 e. The monoisotopic (exact) mass is 299 g/mol. The van der Waals surface area contributed by atoms with Gasteiger partial charge in [-0.05, 0) is 43.0 Å². The summed E-state index contributed by atoms with van der Waals surface area (Å²) in [5.74, 6) is 0.629. The average molecular weight is 299 g/mol. The van der Waals surface area contributed by atoms with Crippen LogP contribution < -0.4 is 10.6 Å². The molecule has 0 N–H and O–H groups in total. The largest absolute Gasteiger partial charge is 0.288 e. The van der Waals surface area contributed by atoms with E-state index in [0.717, 1.165) is 23.5 Å². The Kier molecular flexibility index (Phi) is 5.52. The van der Waals surface area contributed by atoms with E-state index < -0.39 is 7.29 Å². The molecule has 0 heterocycles. The fraction of sp³-hybridized carbons (Fsp3) is 0.278. The van der Waals surface area contributed by atoms with Gasteiger partial charge in [-0.15, -0.1) is 0 Å². The molecule has 0 atom stereocenters. The Hall–Kier alpha value is -1.66. The molecule has 0 amide bonds. The Labute approximate surface area is 127 Å². The molecule has 0 fully saturated rings. The molecule has 21 heavy (non-hydrogen) atoms. The lowest BCUT2D eigenvalue weighted by atomic mass is 10.1. The molecule has 0 saturated carbocycles. The number of hydrogen-bond acceptors (Lipinski definition) is 1. The van der Waals surface area contributed by atoms with Crippen molar-refractivity contribution in [1.82, 2.24) is 0 Å². The summed E-state index contributed by atoms with van der Waals surface area (Å²) < 4.78 is 18.0. The first kappa shape index (κ1) is 15.7. The minimum Gasteiger partial charge on any atom is -0.288 e. The van der Waals surface area contributed by atoms with Gasteiger partial charge in [0.25, 0.3) is 0 Å². The molecule has 3 heteroatoms. The maximum Gasteiger partial charge on any atom is 0.247 e. The number of benzene rings is 2. The van der Waals surface area contributed by atoms with Crippen LogP contribution in [0.3, 0.4) is 0 Å². The normalized spacial score (nSPS) is 12.1. The first-order chi connectivity index (χ1) is 10.1. The van der Waals surface area contributed by atoms with E-state index in [1.807, 2.05) is 66.9 Å². The summed E-state index contributed by atoms with van der Waals surface area (Å²) in [5, 5.41) is 1.58. The van der Waals surface area contributed by atoms with Crippen molar-refractivity contribution in [3.8, 4) is 0 Å². The Morgan fingerprint density at radius 1 is 0.952 bits per heavy atom. The Morgan fingerprint density at radius 3 is 1.86 bits per heavy atom. The highest BCUT2D eigenvalue weighted by molar-refractivity contribution is 7.77. The second-order valence-electron chi connectivity index (χ2n) is 5.52. The van der Waals surface area contributed by atoms with Crippen molar-refractivity contribution in [1.29, 1.82) is 0 Å². The molecule has 0 bridgehead atoms. The second kappa shape index (κ2) is 7.38. The van der Waals surface area contributed by atoms with Gasteiger partial charge in [0.05, 0.1) is 0 Å². The molecule has 110 valence electrons. The standard InChI is InChI=1S/C18H22NOP/c1-16(2)10-9-15-19-21(20,17-11-5-3-6-12-17)18-13-7-4-8-14-18/h3-8,11-16H,9-10H2,1-2H3. The van der Waals surface area contributed by atoms with Gasteiger partial charge in [-0.25, -0.2) is 4.76 Å². The molecule has 0 aliphatic heterocycles. The lowest BCUT2D eigenvalue weighted by molar-refractivity contribution is 0.587. The van der Waals surface area contributed by atoms with E-state index in [4.69, 9.17) is 0 Å². The molecule has 2 aromatic rings. The maximum absolute atomic E-state index is 13.5. The molecule has 2 nitrogen and oxygen atoms in total. The Morgan fingerprint density at radius 2 is 1.43 bits per heavy atom. The maximum atomic E-state index is 13.5. The quantitative estimate of drug-likeness (QED) is 0.573. The van der Waals surface area contributed by atoms with Gasteiger partial charge in [0.2, 0.25) is 7.29 Å². The van der Waals surface area contributed by atoms with Crippen LogP contribution in [-0.2, 0) is 4.57 Å². The van der Waals surface area contributed by atoms with Gasteiger partial charge in [-0.2, -0.15) is 0 Å². The van der Waals surface area contributed by atoms with E-state index in [1.54, 1.807) is 0 Å². The summed E-state index contributed by atoms with van der Waals surface area (Å²) in [6, 6.07) is 19.1. The lowest BCUT2D eigenvalue weighted by Gasteiger charge is -2.14. The molecule has 0 aliphatic rings. The van der Waals surface area contributed by atoms with Crippen molar-refractivity contribution in [3.05, 3.63) is 60.7 Å². The van der Waals surface area contributed by atoms with Gasteiger partial charge < -0.3 is 0 Å². The van der Waals surface area contributed by atoms with E-state index >= 15 is 0 Å². The molecule has 2 aromatic carbocycles. The molecule has 0 aliphatic carbocycles. The molecule has 0 aromatic heterocycles. The van der Waals surface area contributed by atoms with Crippen molar-refractivity contribution in [3.63, 3.8) is 0 Å². The van der Waals surface area contributed by atoms with E-state index in [1.165, 1.54) is 0 Å². The summed E-state index contributed by atoms with van der Waals surface area (Å²) in [6.07, 6.45) is 3.76. The molecular weight excluding hydrogens is 277 g/mol. The predicted octanol–water partition coefficient (Wildman–Crippen LogP) is 4.42. The van der Waals surface area contributed by atoms with Crippen LogP contribution >= 0.6 is 7.29 Å². The molecule has 0 spiro atoms. The van der Waals surface area contributed by atoms with Gasteiger partial charge in [0, 0.05) is 16.8 Å². The van der Waals surface area contributed by atoms with Gasteiger partial charge >= 0.3 is 0 Å². The topological polar surface area (TPSA) is 29.4 Å². The van der Waals surface area contributed by atoms with Crippen LogP contribution in [0.5, 0.6) is 0 Å². The van der Waals surface area contributed by atoms with Gasteiger partial charge in [0.15, 0.2) is 0 Å². The average Bonchev–Trinajstić information content (AvgIpc) is 2.53. The van der Waals surface area contributed by atoms with Crippen LogP contribution in [0.15, 0.2) is 65.4 Å². The zero-order valence-corrected chi connectivity index (χ0v) is 13.5. The fourth-order valence-corrected chi connectivity index (χ4v) is 4.19. The minimum absolute atomic E-state index is 0.629. The minimum atomic E-state index is -2.91. The summed E-state index contributed by atoms with van der Waals surface area (Å²) in [5.41, 5.74) is 0. The van der Waals surface area contributed by atoms with E-state index in [2.05, 4.69) is 18.6 Å². The van der Waals surface area contributed by atoms with Gasteiger partial charge in [0.1, 0.15) is 0 Å². The van der Waals surface area contributed by atoms with Crippen LogP contribution in [-0.4, -0.2) is 6.21 Å². The molecule has 2 rings (SSSR count). The highest BCUT2D eigenvalue weighted by Crippen LogP contribution is 2.44. The zero-order valence-electron chi connectivity index (χ0n) is 12.6. The van der Waals surface area contributed by atoms with Crippen LogP contribution in [0.2, 0.25) is 0 Å². The first-order valence-electron chi connectivity index (χ1n) is 7.38. The second-order valence-corrected chi connectivity index (χ2v) is 7.93. The molecule has 0 saturated heterocycles. The van der Waals surface area contributed by atoms with E-state index in [9.17, 15) is 4.57 Å². The zero-order chi connectivity index (χ0) is 15.1. The van der Waals surface area contributed by atoms with Crippen molar-refractivity contribution in [2.45, 2.75) is 26.7 Å². The lowest BCUT2D eigenvalue weighted by Crippen LogP contribution is -2.14. The SMILES string of the molecule is CC(C)CCC=NP(=O)(c1ccccc1)c1ccccc1. The first-order valence-corrected chi connectivity index (χ1v) is 9.04. The fourth-order valence-electron chi connectivity index (χ4n) is 2.12. The summed E-state index contributed by atoms with van der Waals surface area (Å²) in [6.45, 7) is 4.36. The highest BCUT2D eigenvalue weighted by atomic mass is 31.2. The molecule has 0 unspecified atom stereocenters. The van der Waals surface area contributed by atoms with Crippen LogP contribution in [0.4, 0.5) is 0 Å². The van der Waals surface area contributed by atoms with Crippen LogP contribution in [0.25, 0.3) is 0 Å². The van der Waals surface area contributed by atoms with E-state index in [-0.39, 0.29) is 0 Å². The van der Waals surface area contributed by atoms with Crippen molar-refractivity contribution >= 4 is 24.1 Å². The van der Waals surface area contributed by atoms with Crippen LogP contribution in [0, 0.1) is 5.92 Å².